The molecule has 22 heavy (non-hydrogen) atoms. The summed E-state index contributed by atoms with van der Waals surface area (Å²) in [5.41, 5.74) is 2.21. The van der Waals surface area contributed by atoms with Crippen molar-refractivity contribution in [2.24, 2.45) is 0 Å². The summed E-state index contributed by atoms with van der Waals surface area (Å²) in [6.45, 7) is 5.11. The highest BCUT2D eigenvalue weighted by atomic mass is 16.5. The first-order chi connectivity index (χ1) is 10.5. The van der Waals surface area contributed by atoms with Crippen molar-refractivity contribution >= 4 is 17.9 Å². The molecule has 2 amide bonds. The number of carbonyl (C=O) groups excluding carboxylic acids is 2. The molecular weight excluding hydrogens is 280 g/mol. The molecule has 1 aromatic carbocycles. The van der Waals surface area contributed by atoms with E-state index in [1.807, 2.05) is 24.3 Å². The van der Waals surface area contributed by atoms with Gasteiger partial charge in [-0.2, -0.15) is 0 Å². The molecule has 2 N–H and O–H groups in total. The summed E-state index contributed by atoms with van der Waals surface area (Å²) in [6.07, 6.45) is 3.15. The zero-order chi connectivity index (χ0) is 16.4. The van der Waals surface area contributed by atoms with Gasteiger partial charge < -0.3 is 15.4 Å². The van der Waals surface area contributed by atoms with Crippen LogP contribution in [0.15, 0.2) is 30.3 Å². The van der Waals surface area contributed by atoms with Gasteiger partial charge in [0.1, 0.15) is 0 Å². The Bertz CT molecular complexity index is 507. The standard InChI is InChI=1S/C17H24N2O3/c1-13(2)15-7-4-14(5-8-15)6-9-16(20)19-12-17(21)18-10-11-22-3/h4-9,13H,10-12H2,1-3H3,(H,18,21)(H,19,20)/b9-6+. The number of hydrogen-bond acceptors (Lipinski definition) is 3. The molecular formula is C17H24N2O3. The van der Waals surface area contributed by atoms with E-state index < -0.39 is 0 Å². The average molecular weight is 304 g/mol. The highest BCUT2D eigenvalue weighted by molar-refractivity contribution is 5.94. The summed E-state index contributed by atoms with van der Waals surface area (Å²) in [4.78, 5) is 23.0. The molecule has 0 aliphatic carbocycles. The van der Waals surface area contributed by atoms with E-state index in [1.54, 1.807) is 13.2 Å². The van der Waals surface area contributed by atoms with Crippen molar-refractivity contribution in [3.8, 4) is 0 Å². The Kier molecular flexibility index (Phi) is 7.92. The fourth-order valence-electron chi connectivity index (χ4n) is 1.75. The molecule has 1 rings (SSSR count). The van der Waals surface area contributed by atoms with Crippen molar-refractivity contribution in [1.29, 1.82) is 0 Å². The van der Waals surface area contributed by atoms with Gasteiger partial charge in [0.25, 0.3) is 0 Å². The second kappa shape index (κ2) is 9.73. The zero-order valence-corrected chi connectivity index (χ0v) is 13.4. The molecule has 0 unspecified atom stereocenters. The molecule has 5 heteroatoms. The summed E-state index contributed by atoms with van der Waals surface area (Å²) in [7, 11) is 1.56. The molecule has 0 heterocycles. The van der Waals surface area contributed by atoms with Crippen LogP contribution in [0.2, 0.25) is 0 Å². The van der Waals surface area contributed by atoms with Crippen molar-refractivity contribution in [3.05, 3.63) is 41.5 Å². The van der Waals surface area contributed by atoms with E-state index in [0.29, 0.717) is 19.1 Å². The van der Waals surface area contributed by atoms with Crippen molar-refractivity contribution in [2.75, 3.05) is 26.8 Å². The number of carbonyl (C=O) groups is 2. The number of amides is 2. The number of ether oxygens (including phenoxy) is 1. The number of hydrogen-bond donors (Lipinski definition) is 2. The number of methoxy groups -OCH3 is 1. The van der Waals surface area contributed by atoms with Crippen LogP contribution in [0.3, 0.4) is 0 Å². The smallest absolute Gasteiger partial charge is 0.244 e. The van der Waals surface area contributed by atoms with Gasteiger partial charge in [0.2, 0.25) is 11.8 Å². The predicted molar refractivity (Wildman–Crippen MR) is 87.5 cm³/mol. The second-order valence-electron chi connectivity index (χ2n) is 5.22. The molecule has 0 spiro atoms. The Hall–Kier alpha value is -2.14. The van der Waals surface area contributed by atoms with Crippen LogP contribution in [0, 0.1) is 0 Å². The molecule has 0 bridgehead atoms. The molecule has 0 aromatic heterocycles. The first kappa shape index (κ1) is 17.9. The maximum Gasteiger partial charge on any atom is 0.244 e. The lowest BCUT2D eigenvalue weighted by Gasteiger charge is -2.05. The van der Waals surface area contributed by atoms with E-state index in [1.165, 1.54) is 11.6 Å². The molecule has 0 aliphatic heterocycles. The Morgan fingerprint density at radius 3 is 2.45 bits per heavy atom. The minimum atomic E-state index is -0.296. The molecule has 1 aromatic rings. The molecule has 0 saturated heterocycles. The van der Waals surface area contributed by atoms with Gasteiger partial charge >= 0.3 is 0 Å². The van der Waals surface area contributed by atoms with Crippen LogP contribution in [0.1, 0.15) is 30.9 Å². The molecule has 0 radical (unpaired) electrons. The van der Waals surface area contributed by atoms with Crippen molar-refractivity contribution in [1.82, 2.24) is 10.6 Å². The minimum Gasteiger partial charge on any atom is -0.383 e. The van der Waals surface area contributed by atoms with E-state index >= 15 is 0 Å². The maximum atomic E-state index is 11.6. The Morgan fingerprint density at radius 1 is 1.18 bits per heavy atom. The van der Waals surface area contributed by atoms with Gasteiger partial charge in [-0.05, 0) is 23.1 Å². The molecule has 0 aliphatic rings. The van der Waals surface area contributed by atoms with E-state index in [0.717, 1.165) is 5.56 Å². The van der Waals surface area contributed by atoms with Crippen LogP contribution in [0.4, 0.5) is 0 Å². The fourth-order valence-corrected chi connectivity index (χ4v) is 1.75. The molecule has 120 valence electrons. The van der Waals surface area contributed by atoms with Crippen LogP contribution in [-0.4, -0.2) is 38.6 Å². The second-order valence-corrected chi connectivity index (χ2v) is 5.22. The van der Waals surface area contributed by atoms with Crippen molar-refractivity contribution < 1.29 is 14.3 Å². The van der Waals surface area contributed by atoms with Gasteiger partial charge in [-0.15, -0.1) is 0 Å². The Balaban J connectivity index is 2.36. The van der Waals surface area contributed by atoms with E-state index in [4.69, 9.17) is 4.74 Å². The molecule has 0 saturated carbocycles. The fraction of sp³-hybridized carbons (Fsp3) is 0.412. The van der Waals surface area contributed by atoms with Gasteiger partial charge in [-0.1, -0.05) is 38.1 Å². The quantitative estimate of drug-likeness (QED) is 0.567. The predicted octanol–water partition coefficient (Wildman–Crippen LogP) is 1.70. The lowest BCUT2D eigenvalue weighted by Crippen LogP contribution is -2.37. The van der Waals surface area contributed by atoms with Crippen LogP contribution in [0.25, 0.3) is 6.08 Å². The number of rotatable bonds is 8. The summed E-state index contributed by atoms with van der Waals surface area (Å²) in [5, 5.41) is 5.16. The minimum absolute atomic E-state index is 0.0425. The van der Waals surface area contributed by atoms with Crippen LogP contribution in [0.5, 0.6) is 0 Å². The third-order valence-corrected chi connectivity index (χ3v) is 3.08. The van der Waals surface area contributed by atoms with Crippen LogP contribution < -0.4 is 10.6 Å². The van der Waals surface area contributed by atoms with Gasteiger partial charge in [0.05, 0.1) is 13.2 Å². The monoisotopic (exact) mass is 304 g/mol. The summed E-state index contributed by atoms with van der Waals surface area (Å²) >= 11 is 0. The largest absolute Gasteiger partial charge is 0.383 e. The van der Waals surface area contributed by atoms with Gasteiger partial charge in [-0.25, -0.2) is 0 Å². The van der Waals surface area contributed by atoms with Gasteiger partial charge in [0.15, 0.2) is 0 Å². The third-order valence-electron chi connectivity index (χ3n) is 3.08. The summed E-state index contributed by atoms with van der Waals surface area (Å²) < 4.78 is 4.82. The maximum absolute atomic E-state index is 11.6. The molecule has 0 atom stereocenters. The van der Waals surface area contributed by atoms with Crippen LogP contribution >= 0.6 is 0 Å². The zero-order valence-electron chi connectivity index (χ0n) is 13.4. The van der Waals surface area contributed by atoms with Gasteiger partial charge in [0, 0.05) is 19.7 Å². The molecule has 0 fully saturated rings. The van der Waals surface area contributed by atoms with Crippen molar-refractivity contribution in [3.63, 3.8) is 0 Å². The number of benzene rings is 1. The average Bonchev–Trinajstić information content (AvgIpc) is 2.51. The van der Waals surface area contributed by atoms with Crippen molar-refractivity contribution in [2.45, 2.75) is 19.8 Å². The lowest BCUT2D eigenvalue weighted by molar-refractivity contribution is -0.124. The topological polar surface area (TPSA) is 67.4 Å². The van der Waals surface area contributed by atoms with Gasteiger partial charge in [-0.3, -0.25) is 9.59 Å². The Labute approximate surface area is 131 Å². The lowest BCUT2D eigenvalue weighted by atomic mass is 10.0. The third kappa shape index (κ3) is 7.04. The van der Waals surface area contributed by atoms with Crippen LogP contribution in [-0.2, 0) is 14.3 Å². The highest BCUT2D eigenvalue weighted by Gasteiger charge is 2.02. The Morgan fingerprint density at radius 2 is 1.86 bits per heavy atom. The first-order valence-electron chi connectivity index (χ1n) is 7.34. The normalized spacial score (nSPS) is 10.9. The first-order valence-corrected chi connectivity index (χ1v) is 7.34. The SMILES string of the molecule is COCCNC(=O)CNC(=O)/C=C/c1ccc(C(C)C)cc1. The summed E-state index contributed by atoms with van der Waals surface area (Å²) in [6, 6.07) is 8.03. The van der Waals surface area contributed by atoms with E-state index in [9.17, 15) is 9.59 Å². The van der Waals surface area contributed by atoms with E-state index in [2.05, 4.69) is 24.5 Å². The molecule has 5 nitrogen and oxygen atoms in total. The number of nitrogens with one attached hydrogen (secondary N) is 2. The highest BCUT2D eigenvalue weighted by Crippen LogP contribution is 2.15. The van der Waals surface area contributed by atoms with E-state index in [-0.39, 0.29) is 18.4 Å². The summed E-state index contributed by atoms with van der Waals surface area (Å²) in [5.74, 6) is -0.0483.